The highest BCUT2D eigenvalue weighted by Crippen LogP contribution is 2.18. The van der Waals surface area contributed by atoms with Gasteiger partial charge in [-0.05, 0) is 24.3 Å². The normalized spacial score (nSPS) is 10.6. The average molecular weight is 218 g/mol. The smallest absolute Gasteiger partial charge is 0.337 e. The third-order valence-corrected chi connectivity index (χ3v) is 2.56. The SMILES string of the molecule is COC(=O)c1ccc2c(ccn2CCN)c1. The second-order valence-electron chi connectivity index (χ2n) is 3.56. The Balaban J connectivity index is 2.44. The zero-order valence-electron chi connectivity index (χ0n) is 9.14. The lowest BCUT2D eigenvalue weighted by Gasteiger charge is -2.03. The number of hydrogen-bond donors (Lipinski definition) is 1. The summed E-state index contributed by atoms with van der Waals surface area (Å²) in [7, 11) is 1.38. The topological polar surface area (TPSA) is 57.2 Å². The molecule has 0 unspecified atom stereocenters. The van der Waals surface area contributed by atoms with Crippen molar-refractivity contribution >= 4 is 16.9 Å². The lowest BCUT2D eigenvalue weighted by molar-refractivity contribution is 0.0601. The first-order valence-corrected chi connectivity index (χ1v) is 5.13. The Morgan fingerprint density at radius 1 is 1.44 bits per heavy atom. The lowest BCUT2D eigenvalue weighted by Crippen LogP contribution is -2.08. The first kappa shape index (κ1) is 10.7. The molecule has 0 radical (unpaired) electrons. The molecule has 1 heterocycles. The Morgan fingerprint density at radius 2 is 2.25 bits per heavy atom. The number of aromatic nitrogens is 1. The van der Waals surface area contributed by atoms with E-state index in [1.807, 2.05) is 24.4 Å². The van der Waals surface area contributed by atoms with Gasteiger partial charge in [-0.2, -0.15) is 0 Å². The van der Waals surface area contributed by atoms with E-state index in [4.69, 9.17) is 5.73 Å². The van der Waals surface area contributed by atoms with Gasteiger partial charge in [0, 0.05) is 30.2 Å². The number of carbonyl (C=O) groups excluding carboxylic acids is 1. The average Bonchev–Trinajstić information content (AvgIpc) is 2.71. The van der Waals surface area contributed by atoms with Crippen LogP contribution in [0.3, 0.4) is 0 Å². The highest BCUT2D eigenvalue weighted by Gasteiger charge is 2.07. The van der Waals surface area contributed by atoms with E-state index in [1.165, 1.54) is 7.11 Å². The molecule has 0 amide bonds. The van der Waals surface area contributed by atoms with Gasteiger partial charge in [0.05, 0.1) is 12.7 Å². The minimum atomic E-state index is -0.312. The number of benzene rings is 1. The van der Waals surface area contributed by atoms with Crippen molar-refractivity contribution in [2.45, 2.75) is 6.54 Å². The fraction of sp³-hybridized carbons (Fsp3) is 0.250. The molecule has 0 spiro atoms. The number of nitrogens with zero attached hydrogens (tertiary/aromatic N) is 1. The van der Waals surface area contributed by atoms with Crippen molar-refractivity contribution in [2.75, 3.05) is 13.7 Å². The number of carbonyl (C=O) groups is 1. The summed E-state index contributed by atoms with van der Waals surface area (Å²) in [5.41, 5.74) is 7.17. The number of hydrogen-bond acceptors (Lipinski definition) is 3. The molecule has 0 aliphatic heterocycles. The van der Waals surface area contributed by atoms with Crippen molar-refractivity contribution < 1.29 is 9.53 Å². The van der Waals surface area contributed by atoms with E-state index in [9.17, 15) is 4.79 Å². The lowest BCUT2D eigenvalue weighted by atomic mass is 10.1. The van der Waals surface area contributed by atoms with E-state index in [0.29, 0.717) is 12.1 Å². The molecule has 2 N–H and O–H groups in total. The monoisotopic (exact) mass is 218 g/mol. The van der Waals surface area contributed by atoms with Gasteiger partial charge in [0.25, 0.3) is 0 Å². The number of methoxy groups -OCH3 is 1. The molecule has 1 aromatic heterocycles. The fourth-order valence-electron chi connectivity index (χ4n) is 1.78. The van der Waals surface area contributed by atoms with E-state index in [0.717, 1.165) is 17.4 Å². The number of fused-ring (bicyclic) bond motifs is 1. The molecule has 0 aliphatic carbocycles. The Morgan fingerprint density at radius 3 is 2.94 bits per heavy atom. The first-order valence-electron chi connectivity index (χ1n) is 5.13. The maximum atomic E-state index is 11.3. The van der Waals surface area contributed by atoms with Crippen LogP contribution in [-0.2, 0) is 11.3 Å². The minimum Gasteiger partial charge on any atom is -0.465 e. The van der Waals surface area contributed by atoms with Crippen LogP contribution in [0.4, 0.5) is 0 Å². The molecular weight excluding hydrogens is 204 g/mol. The number of ether oxygens (including phenoxy) is 1. The fourth-order valence-corrected chi connectivity index (χ4v) is 1.78. The maximum Gasteiger partial charge on any atom is 0.337 e. The van der Waals surface area contributed by atoms with Gasteiger partial charge >= 0.3 is 5.97 Å². The molecule has 2 aromatic rings. The molecule has 0 aliphatic rings. The maximum absolute atomic E-state index is 11.3. The number of nitrogens with two attached hydrogens (primary N) is 1. The van der Waals surface area contributed by atoms with Crippen LogP contribution < -0.4 is 5.73 Å². The molecule has 2 rings (SSSR count). The van der Waals surface area contributed by atoms with Crippen LogP contribution >= 0.6 is 0 Å². The van der Waals surface area contributed by atoms with Crippen LogP contribution in [-0.4, -0.2) is 24.2 Å². The molecule has 0 bridgehead atoms. The Hall–Kier alpha value is -1.81. The molecule has 4 nitrogen and oxygen atoms in total. The van der Waals surface area contributed by atoms with Gasteiger partial charge in [-0.3, -0.25) is 0 Å². The van der Waals surface area contributed by atoms with Crippen LogP contribution in [0, 0.1) is 0 Å². The van der Waals surface area contributed by atoms with Gasteiger partial charge in [-0.15, -0.1) is 0 Å². The van der Waals surface area contributed by atoms with Crippen LogP contribution in [0.5, 0.6) is 0 Å². The van der Waals surface area contributed by atoms with Gasteiger partial charge < -0.3 is 15.0 Å². The van der Waals surface area contributed by atoms with Gasteiger partial charge in [0.1, 0.15) is 0 Å². The van der Waals surface area contributed by atoms with Crippen LogP contribution in [0.15, 0.2) is 30.5 Å². The summed E-state index contributed by atoms with van der Waals surface area (Å²) < 4.78 is 6.74. The van der Waals surface area contributed by atoms with E-state index in [-0.39, 0.29) is 5.97 Å². The third kappa shape index (κ3) is 1.79. The summed E-state index contributed by atoms with van der Waals surface area (Å²) >= 11 is 0. The zero-order chi connectivity index (χ0) is 11.5. The second kappa shape index (κ2) is 4.37. The van der Waals surface area contributed by atoms with Gasteiger partial charge in [-0.25, -0.2) is 4.79 Å². The Bertz CT molecular complexity index is 517. The molecule has 84 valence electrons. The van der Waals surface area contributed by atoms with E-state index in [2.05, 4.69) is 9.30 Å². The van der Waals surface area contributed by atoms with Crippen molar-refractivity contribution in [2.24, 2.45) is 5.73 Å². The summed E-state index contributed by atoms with van der Waals surface area (Å²) in [5, 5.41) is 1.02. The van der Waals surface area contributed by atoms with Crippen molar-refractivity contribution in [1.29, 1.82) is 0 Å². The number of esters is 1. The summed E-state index contributed by atoms with van der Waals surface area (Å²) in [5.74, 6) is -0.312. The van der Waals surface area contributed by atoms with Crippen molar-refractivity contribution in [3.8, 4) is 0 Å². The van der Waals surface area contributed by atoms with Crippen molar-refractivity contribution in [1.82, 2.24) is 4.57 Å². The standard InChI is InChI=1S/C12H14N2O2/c1-16-12(15)10-2-3-11-9(8-10)4-6-14(11)7-5-13/h2-4,6,8H,5,7,13H2,1H3. The summed E-state index contributed by atoms with van der Waals surface area (Å²) in [6.07, 6.45) is 1.97. The Kier molecular flexibility index (Phi) is 2.92. The van der Waals surface area contributed by atoms with E-state index < -0.39 is 0 Å². The molecular formula is C12H14N2O2. The highest BCUT2D eigenvalue weighted by atomic mass is 16.5. The predicted molar refractivity (Wildman–Crippen MR) is 62.3 cm³/mol. The van der Waals surface area contributed by atoms with Gasteiger partial charge in [0.2, 0.25) is 0 Å². The first-order chi connectivity index (χ1) is 7.76. The van der Waals surface area contributed by atoms with Crippen molar-refractivity contribution in [3.63, 3.8) is 0 Å². The van der Waals surface area contributed by atoms with Gasteiger partial charge in [0.15, 0.2) is 0 Å². The summed E-state index contributed by atoms with van der Waals surface area (Å²) in [6.45, 7) is 1.38. The largest absolute Gasteiger partial charge is 0.465 e. The van der Waals surface area contributed by atoms with Crippen molar-refractivity contribution in [3.05, 3.63) is 36.0 Å². The van der Waals surface area contributed by atoms with Crippen LogP contribution in [0.1, 0.15) is 10.4 Å². The predicted octanol–water partition coefficient (Wildman–Crippen LogP) is 1.39. The Labute approximate surface area is 93.6 Å². The van der Waals surface area contributed by atoms with E-state index >= 15 is 0 Å². The summed E-state index contributed by atoms with van der Waals surface area (Å²) in [4.78, 5) is 11.3. The van der Waals surface area contributed by atoms with Gasteiger partial charge in [-0.1, -0.05) is 0 Å². The quantitative estimate of drug-likeness (QED) is 0.792. The molecule has 0 atom stereocenters. The van der Waals surface area contributed by atoms with Crippen LogP contribution in [0.25, 0.3) is 10.9 Å². The minimum absolute atomic E-state index is 0.312. The zero-order valence-corrected chi connectivity index (χ0v) is 9.14. The second-order valence-corrected chi connectivity index (χ2v) is 3.56. The highest BCUT2D eigenvalue weighted by molar-refractivity contribution is 5.94. The summed E-state index contributed by atoms with van der Waals surface area (Å²) in [6, 6.07) is 7.48. The molecule has 4 heteroatoms. The molecule has 0 fully saturated rings. The van der Waals surface area contributed by atoms with E-state index in [1.54, 1.807) is 6.07 Å². The molecule has 1 aromatic carbocycles. The third-order valence-electron chi connectivity index (χ3n) is 2.56. The molecule has 16 heavy (non-hydrogen) atoms. The number of rotatable bonds is 3. The van der Waals surface area contributed by atoms with Crippen LogP contribution in [0.2, 0.25) is 0 Å². The molecule has 0 saturated carbocycles. The molecule has 0 saturated heterocycles.